The Bertz CT molecular complexity index is 352. The van der Waals surface area contributed by atoms with Gasteiger partial charge < -0.3 is 10.4 Å². The van der Waals surface area contributed by atoms with Crippen molar-refractivity contribution in [2.24, 2.45) is 0 Å². The molecular weight excluding hydrogens is 185 g/mol. The molecule has 0 aliphatic carbocycles. The van der Waals surface area contributed by atoms with Crippen LogP contribution < -0.4 is 5.32 Å². The summed E-state index contributed by atoms with van der Waals surface area (Å²) < 4.78 is 13.2. The van der Waals surface area contributed by atoms with Gasteiger partial charge in [-0.15, -0.1) is 0 Å². The first kappa shape index (κ1) is 10.7. The summed E-state index contributed by atoms with van der Waals surface area (Å²) in [6, 6.07) is 3.57. The molecule has 0 aromatic heterocycles. The Morgan fingerprint density at radius 3 is 2.71 bits per heavy atom. The van der Waals surface area contributed by atoms with Gasteiger partial charge in [0.25, 0.3) is 0 Å². The molecule has 1 atom stereocenters. The fourth-order valence-corrected chi connectivity index (χ4v) is 1.16. The molecule has 1 rings (SSSR count). The number of hydrogen-bond acceptors (Lipinski definition) is 2. The maximum absolute atomic E-state index is 13.2. The fourth-order valence-electron chi connectivity index (χ4n) is 1.16. The van der Waals surface area contributed by atoms with E-state index in [2.05, 4.69) is 5.32 Å². The highest BCUT2D eigenvalue weighted by molar-refractivity contribution is 5.87. The van der Waals surface area contributed by atoms with E-state index < -0.39 is 11.8 Å². The third-order valence-corrected chi connectivity index (χ3v) is 2.14. The molecule has 0 aliphatic heterocycles. The van der Waals surface area contributed by atoms with E-state index >= 15 is 0 Å². The van der Waals surface area contributed by atoms with E-state index in [9.17, 15) is 9.18 Å². The lowest BCUT2D eigenvalue weighted by molar-refractivity contribution is 0.0696. The van der Waals surface area contributed by atoms with Gasteiger partial charge in [0.15, 0.2) is 0 Å². The van der Waals surface area contributed by atoms with Crippen LogP contribution in [-0.4, -0.2) is 18.1 Å². The molecule has 1 aromatic rings. The minimum atomic E-state index is -1.05. The summed E-state index contributed by atoms with van der Waals surface area (Å²) in [6.45, 7) is 1.77. The first-order valence-electron chi connectivity index (χ1n) is 4.26. The second kappa shape index (κ2) is 4.19. The van der Waals surface area contributed by atoms with Crippen LogP contribution in [0.5, 0.6) is 0 Å². The van der Waals surface area contributed by atoms with E-state index in [0.717, 1.165) is 0 Å². The van der Waals surface area contributed by atoms with Gasteiger partial charge in [-0.2, -0.15) is 0 Å². The van der Waals surface area contributed by atoms with E-state index in [4.69, 9.17) is 5.11 Å². The molecule has 2 N–H and O–H groups in total. The van der Waals surface area contributed by atoms with Gasteiger partial charge in [0, 0.05) is 11.6 Å². The molecule has 0 saturated carbocycles. The highest BCUT2D eigenvalue weighted by Crippen LogP contribution is 2.17. The third kappa shape index (κ3) is 2.09. The summed E-state index contributed by atoms with van der Waals surface area (Å²) in [6.07, 6.45) is 0. The summed E-state index contributed by atoms with van der Waals surface area (Å²) in [7, 11) is 1.69. The lowest BCUT2D eigenvalue weighted by Gasteiger charge is -2.11. The first-order chi connectivity index (χ1) is 6.56. The molecule has 1 aromatic carbocycles. The molecule has 0 radical (unpaired) electrons. The van der Waals surface area contributed by atoms with Crippen LogP contribution in [0.25, 0.3) is 0 Å². The Balaban J connectivity index is 3.14. The molecule has 14 heavy (non-hydrogen) atoms. The Hall–Kier alpha value is -1.42. The van der Waals surface area contributed by atoms with E-state index in [1.807, 2.05) is 0 Å². The molecular formula is C10H12FNO2. The van der Waals surface area contributed by atoms with Crippen LogP contribution >= 0.6 is 0 Å². The van der Waals surface area contributed by atoms with E-state index in [0.29, 0.717) is 5.56 Å². The number of carbonyl (C=O) groups is 1. The Labute approximate surface area is 81.6 Å². The summed E-state index contributed by atoms with van der Waals surface area (Å²) >= 11 is 0. The van der Waals surface area contributed by atoms with Crippen molar-refractivity contribution in [3.8, 4) is 0 Å². The van der Waals surface area contributed by atoms with E-state index in [1.165, 1.54) is 18.2 Å². The zero-order valence-electron chi connectivity index (χ0n) is 8.04. The normalized spacial score (nSPS) is 12.5. The number of nitrogens with one attached hydrogen (secondary N) is 1. The average Bonchev–Trinajstić information content (AvgIpc) is 2.17. The smallest absolute Gasteiger partial charge is 0.335 e. The average molecular weight is 197 g/mol. The quantitative estimate of drug-likeness (QED) is 0.776. The van der Waals surface area contributed by atoms with Gasteiger partial charge in [-0.3, -0.25) is 0 Å². The van der Waals surface area contributed by atoms with Crippen LogP contribution in [0.1, 0.15) is 28.9 Å². The molecule has 0 spiro atoms. The first-order valence-corrected chi connectivity index (χ1v) is 4.26. The van der Waals surface area contributed by atoms with Crippen molar-refractivity contribution >= 4 is 5.97 Å². The maximum Gasteiger partial charge on any atom is 0.335 e. The van der Waals surface area contributed by atoms with Gasteiger partial charge in [0.1, 0.15) is 5.82 Å². The van der Waals surface area contributed by atoms with Gasteiger partial charge in [-0.25, -0.2) is 9.18 Å². The summed E-state index contributed by atoms with van der Waals surface area (Å²) in [5, 5.41) is 11.6. The third-order valence-electron chi connectivity index (χ3n) is 2.14. The summed E-state index contributed by atoms with van der Waals surface area (Å²) in [5.74, 6) is -1.44. The highest BCUT2D eigenvalue weighted by Gasteiger charge is 2.12. The van der Waals surface area contributed by atoms with Gasteiger partial charge in [0.2, 0.25) is 0 Å². The SMILES string of the molecule is CN[C@H](C)c1cc(C(=O)O)ccc1F. The molecule has 0 heterocycles. The lowest BCUT2D eigenvalue weighted by atomic mass is 10.0. The van der Waals surface area contributed by atoms with Crippen LogP contribution in [0.15, 0.2) is 18.2 Å². The predicted octanol–water partition coefficient (Wildman–Crippen LogP) is 1.80. The fraction of sp³-hybridized carbons (Fsp3) is 0.300. The molecule has 0 fully saturated rings. The number of rotatable bonds is 3. The summed E-state index contributed by atoms with van der Waals surface area (Å²) in [5.41, 5.74) is 0.468. The van der Waals surface area contributed by atoms with Gasteiger partial charge in [-0.1, -0.05) is 0 Å². The van der Waals surface area contributed by atoms with Gasteiger partial charge in [-0.05, 0) is 32.2 Å². The van der Waals surface area contributed by atoms with E-state index in [1.54, 1.807) is 14.0 Å². The molecule has 0 bridgehead atoms. The monoisotopic (exact) mass is 197 g/mol. The Morgan fingerprint density at radius 1 is 1.57 bits per heavy atom. The summed E-state index contributed by atoms with van der Waals surface area (Å²) in [4.78, 5) is 10.6. The van der Waals surface area contributed by atoms with Crippen LogP contribution in [-0.2, 0) is 0 Å². The number of hydrogen-bond donors (Lipinski definition) is 2. The van der Waals surface area contributed by atoms with Crippen molar-refractivity contribution in [1.82, 2.24) is 5.32 Å². The topological polar surface area (TPSA) is 49.3 Å². The molecule has 0 saturated heterocycles. The van der Waals surface area contributed by atoms with Crippen LogP contribution in [0, 0.1) is 5.82 Å². The Kier molecular flexibility index (Phi) is 3.19. The standard InChI is InChI=1S/C10H12FNO2/c1-6(12-2)8-5-7(10(13)14)3-4-9(8)11/h3-6,12H,1-2H3,(H,13,14)/t6-/m1/s1. The van der Waals surface area contributed by atoms with Crippen molar-refractivity contribution in [2.75, 3.05) is 7.05 Å². The molecule has 3 nitrogen and oxygen atoms in total. The predicted molar refractivity (Wildman–Crippen MR) is 50.8 cm³/mol. The van der Waals surface area contributed by atoms with E-state index in [-0.39, 0.29) is 11.6 Å². The highest BCUT2D eigenvalue weighted by atomic mass is 19.1. The molecule has 0 amide bonds. The molecule has 0 unspecified atom stereocenters. The Morgan fingerprint density at radius 2 is 2.21 bits per heavy atom. The second-order valence-corrected chi connectivity index (χ2v) is 3.05. The zero-order valence-corrected chi connectivity index (χ0v) is 8.04. The van der Waals surface area contributed by atoms with Crippen molar-refractivity contribution < 1.29 is 14.3 Å². The number of aromatic carboxylic acids is 1. The van der Waals surface area contributed by atoms with Gasteiger partial charge >= 0.3 is 5.97 Å². The minimum Gasteiger partial charge on any atom is -0.478 e. The number of carboxylic acids is 1. The maximum atomic E-state index is 13.2. The number of benzene rings is 1. The lowest BCUT2D eigenvalue weighted by Crippen LogP contribution is -2.14. The molecule has 4 heteroatoms. The number of halogens is 1. The largest absolute Gasteiger partial charge is 0.478 e. The second-order valence-electron chi connectivity index (χ2n) is 3.05. The van der Waals surface area contributed by atoms with Crippen molar-refractivity contribution in [1.29, 1.82) is 0 Å². The van der Waals surface area contributed by atoms with Crippen LogP contribution in [0.3, 0.4) is 0 Å². The van der Waals surface area contributed by atoms with Crippen LogP contribution in [0.4, 0.5) is 4.39 Å². The number of carboxylic acid groups (broad SMARTS) is 1. The van der Waals surface area contributed by atoms with Crippen molar-refractivity contribution in [3.05, 3.63) is 35.1 Å². The molecule has 76 valence electrons. The van der Waals surface area contributed by atoms with Crippen molar-refractivity contribution in [2.45, 2.75) is 13.0 Å². The van der Waals surface area contributed by atoms with Crippen LogP contribution in [0.2, 0.25) is 0 Å². The zero-order chi connectivity index (χ0) is 10.7. The molecule has 0 aliphatic rings. The van der Waals surface area contributed by atoms with Gasteiger partial charge in [0.05, 0.1) is 5.56 Å². The minimum absolute atomic E-state index is 0.100. The van der Waals surface area contributed by atoms with Crippen molar-refractivity contribution in [3.63, 3.8) is 0 Å².